The van der Waals surface area contributed by atoms with Crippen LogP contribution in [0.4, 0.5) is 5.13 Å². The molecule has 1 aromatic heterocycles. The highest BCUT2D eigenvalue weighted by molar-refractivity contribution is 9.10. The number of benzene rings is 1. The number of nitrogens with zero attached hydrogens (tertiary/aromatic N) is 2. The van der Waals surface area contributed by atoms with Gasteiger partial charge in [-0.2, -0.15) is 0 Å². The fourth-order valence-corrected chi connectivity index (χ4v) is 3.88. The molecule has 3 nitrogen and oxygen atoms in total. The monoisotopic (exact) mass is 350 g/mol. The van der Waals surface area contributed by atoms with Crippen molar-refractivity contribution in [3.8, 4) is 0 Å². The molecule has 20 heavy (non-hydrogen) atoms. The van der Waals surface area contributed by atoms with Crippen LogP contribution < -0.4 is 4.90 Å². The van der Waals surface area contributed by atoms with Gasteiger partial charge in [0.2, 0.25) is 0 Å². The van der Waals surface area contributed by atoms with Crippen molar-refractivity contribution in [1.82, 2.24) is 4.98 Å². The number of fused-ring (bicyclic) bond motifs is 1. The number of ketones is 1. The van der Waals surface area contributed by atoms with Gasteiger partial charge in [0, 0.05) is 24.5 Å². The van der Waals surface area contributed by atoms with Gasteiger partial charge in [0.25, 0.3) is 0 Å². The van der Waals surface area contributed by atoms with E-state index >= 15 is 0 Å². The zero-order valence-electron chi connectivity index (χ0n) is 11.2. The molecule has 1 aromatic carbocycles. The highest BCUT2D eigenvalue weighted by Crippen LogP contribution is 2.31. The van der Waals surface area contributed by atoms with Gasteiger partial charge in [-0.1, -0.05) is 39.4 Å². The van der Waals surface area contributed by atoms with Crippen molar-refractivity contribution in [3.05, 3.63) is 44.9 Å². The molecule has 2 aromatic rings. The first-order valence-electron chi connectivity index (χ1n) is 6.62. The van der Waals surface area contributed by atoms with E-state index in [9.17, 15) is 4.79 Å². The lowest BCUT2D eigenvalue weighted by atomic mass is 10.0. The minimum atomic E-state index is 0.255. The predicted molar refractivity (Wildman–Crippen MR) is 85.6 cm³/mol. The quantitative estimate of drug-likeness (QED) is 0.836. The number of hydrogen-bond acceptors (Lipinski definition) is 4. The Hall–Kier alpha value is -1.20. The van der Waals surface area contributed by atoms with Crippen LogP contribution >= 0.6 is 27.3 Å². The van der Waals surface area contributed by atoms with Crippen molar-refractivity contribution >= 4 is 38.2 Å². The van der Waals surface area contributed by atoms with Crippen molar-refractivity contribution in [2.75, 3.05) is 11.9 Å². The fraction of sp³-hybridized carbons (Fsp3) is 0.333. The van der Waals surface area contributed by atoms with Gasteiger partial charge in [0.05, 0.1) is 10.6 Å². The third-order valence-electron chi connectivity index (χ3n) is 3.39. The molecule has 0 atom stereocenters. The highest BCUT2D eigenvalue weighted by atomic mass is 79.9. The normalized spacial score (nSPS) is 14.2. The Balaban J connectivity index is 1.81. The van der Waals surface area contributed by atoms with Gasteiger partial charge in [-0.15, -0.1) is 0 Å². The van der Waals surface area contributed by atoms with Crippen molar-refractivity contribution in [1.29, 1.82) is 0 Å². The molecule has 0 saturated heterocycles. The minimum absolute atomic E-state index is 0.255. The van der Waals surface area contributed by atoms with Crippen LogP contribution in [0, 0.1) is 0 Å². The lowest BCUT2D eigenvalue weighted by Crippen LogP contribution is -2.16. The number of halogens is 1. The van der Waals surface area contributed by atoms with Crippen LogP contribution in [0.5, 0.6) is 0 Å². The van der Waals surface area contributed by atoms with E-state index in [1.165, 1.54) is 16.9 Å². The number of hydrogen-bond donors (Lipinski definition) is 0. The molecule has 0 saturated carbocycles. The molecule has 0 spiro atoms. The molecular weight excluding hydrogens is 336 g/mol. The molecule has 1 heterocycles. The molecule has 0 fully saturated rings. The standard InChI is InChI=1S/C15H15BrN2OS/c1-18(9-10-4-2-5-11(16)8-10)15-17-12-6-3-7-13(19)14(12)20-15/h2,4-5,8H,3,6-7,9H2,1H3. The number of thiazole rings is 1. The second-order valence-electron chi connectivity index (χ2n) is 5.03. The zero-order valence-corrected chi connectivity index (χ0v) is 13.6. The maximum atomic E-state index is 11.9. The summed E-state index contributed by atoms with van der Waals surface area (Å²) in [7, 11) is 2.02. The highest BCUT2D eigenvalue weighted by Gasteiger charge is 2.23. The van der Waals surface area contributed by atoms with Crippen molar-refractivity contribution in [2.24, 2.45) is 0 Å². The van der Waals surface area contributed by atoms with Crippen molar-refractivity contribution in [2.45, 2.75) is 25.8 Å². The summed E-state index contributed by atoms with van der Waals surface area (Å²) >= 11 is 5.01. The first kappa shape index (κ1) is 13.8. The summed E-state index contributed by atoms with van der Waals surface area (Å²) in [4.78, 5) is 19.5. The average Bonchev–Trinajstić information content (AvgIpc) is 2.84. The fourth-order valence-electron chi connectivity index (χ4n) is 2.40. The zero-order chi connectivity index (χ0) is 14.1. The summed E-state index contributed by atoms with van der Waals surface area (Å²) in [5.74, 6) is 0.255. The minimum Gasteiger partial charge on any atom is -0.347 e. The number of Topliss-reactive ketones (excluding diaryl/α,β-unsaturated/α-hetero) is 1. The second kappa shape index (κ2) is 5.66. The summed E-state index contributed by atoms with van der Waals surface area (Å²) in [5.41, 5.74) is 2.21. The first-order chi connectivity index (χ1) is 9.63. The third-order valence-corrected chi connectivity index (χ3v) is 5.14. The number of rotatable bonds is 3. The van der Waals surface area contributed by atoms with Crippen LogP contribution in [-0.4, -0.2) is 17.8 Å². The Kier molecular flexibility index (Phi) is 3.89. The van der Waals surface area contributed by atoms with Gasteiger partial charge in [-0.25, -0.2) is 4.98 Å². The Labute approximate surface area is 130 Å². The van der Waals surface area contributed by atoms with Crippen LogP contribution in [0.3, 0.4) is 0 Å². The molecule has 0 aliphatic heterocycles. The second-order valence-corrected chi connectivity index (χ2v) is 6.93. The molecule has 0 unspecified atom stereocenters. The summed E-state index contributed by atoms with van der Waals surface area (Å²) in [6, 6.07) is 8.25. The van der Waals surface area contributed by atoms with E-state index in [4.69, 9.17) is 0 Å². The van der Waals surface area contributed by atoms with Crippen molar-refractivity contribution in [3.63, 3.8) is 0 Å². The number of carbonyl (C=O) groups is 1. The Morgan fingerprint density at radius 3 is 3.00 bits per heavy atom. The van der Waals surface area contributed by atoms with E-state index in [1.54, 1.807) is 0 Å². The Bertz CT molecular complexity index is 653. The van der Waals surface area contributed by atoms with E-state index in [2.05, 4.69) is 37.9 Å². The summed E-state index contributed by atoms with van der Waals surface area (Å²) in [6.45, 7) is 0.792. The summed E-state index contributed by atoms with van der Waals surface area (Å²) < 4.78 is 1.08. The maximum absolute atomic E-state index is 11.9. The summed E-state index contributed by atoms with van der Waals surface area (Å²) in [6.07, 6.45) is 2.54. The van der Waals surface area contributed by atoms with Crippen LogP contribution in [0.25, 0.3) is 0 Å². The first-order valence-corrected chi connectivity index (χ1v) is 8.23. The smallest absolute Gasteiger partial charge is 0.186 e. The van der Waals surface area contributed by atoms with Gasteiger partial charge in [-0.05, 0) is 30.5 Å². The molecule has 1 aliphatic rings. The molecule has 0 radical (unpaired) electrons. The van der Waals surface area contributed by atoms with Gasteiger partial charge in [-0.3, -0.25) is 4.79 Å². The largest absolute Gasteiger partial charge is 0.347 e. The van der Waals surface area contributed by atoms with E-state index < -0.39 is 0 Å². The molecular formula is C15H15BrN2OS. The van der Waals surface area contributed by atoms with Gasteiger partial charge in [0.15, 0.2) is 10.9 Å². The Morgan fingerprint density at radius 2 is 2.25 bits per heavy atom. The Morgan fingerprint density at radius 1 is 1.40 bits per heavy atom. The molecule has 0 N–H and O–H groups in total. The molecule has 1 aliphatic carbocycles. The number of aromatic nitrogens is 1. The SMILES string of the molecule is CN(Cc1cccc(Br)c1)c1nc2c(s1)C(=O)CCC2. The summed E-state index contributed by atoms with van der Waals surface area (Å²) in [5, 5.41) is 0.935. The maximum Gasteiger partial charge on any atom is 0.186 e. The number of anilines is 1. The van der Waals surface area contributed by atoms with Crippen LogP contribution in [0.2, 0.25) is 0 Å². The van der Waals surface area contributed by atoms with Gasteiger partial charge >= 0.3 is 0 Å². The average molecular weight is 351 g/mol. The van der Waals surface area contributed by atoms with E-state index in [0.717, 1.165) is 39.6 Å². The van der Waals surface area contributed by atoms with E-state index in [0.29, 0.717) is 6.42 Å². The molecule has 104 valence electrons. The molecule has 0 amide bonds. The predicted octanol–water partition coefficient (Wildman–Crippen LogP) is 4.06. The number of aryl methyl sites for hydroxylation is 1. The van der Waals surface area contributed by atoms with Gasteiger partial charge < -0.3 is 4.90 Å². The molecule has 5 heteroatoms. The molecule has 3 rings (SSSR count). The van der Waals surface area contributed by atoms with E-state index in [-0.39, 0.29) is 5.78 Å². The van der Waals surface area contributed by atoms with Crippen LogP contribution in [-0.2, 0) is 13.0 Å². The van der Waals surface area contributed by atoms with Crippen LogP contribution in [0.15, 0.2) is 28.7 Å². The number of carbonyl (C=O) groups excluding carboxylic acids is 1. The van der Waals surface area contributed by atoms with Crippen molar-refractivity contribution < 1.29 is 4.79 Å². The molecule has 0 bridgehead atoms. The topological polar surface area (TPSA) is 33.2 Å². The lowest BCUT2D eigenvalue weighted by Gasteiger charge is -2.15. The van der Waals surface area contributed by atoms with Gasteiger partial charge in [0.1, 0.15) is 0 Å². The van der Waals surface area contributed by atoms with E-state index in [1.807, 2.05) is 19.2 Å². The third kappa shape index (κ3) is 2.79. The lowest BCUT2D eigenvalue weighted by molar-refractivity contribution is 0.0976. The van der Waals surface area contributed by atoms with Crippen LogP contribution in [0.1, 0.15) is 33.8 Å².